The Hall–Kier alpha value is -3.34. The molecular weight excluding hydrogens is 442 g/mol. The van der Waals surface area contributed by atoms with Gasteiger partial charge in [-0.1, -0.05) is 18.2 Å². The van der Waals surface area contributed by atoms with Crippen LogP contribution in [0.25, 0.3) is 44.1 Å². The van der Waals surface area contributed by atoms with E-state index in [2.05, 4.69) is 48.3 Å². The van der Waals surface area contributed by atoms with Gasteiger partial charge in [-0.25, -0.2) is 13.8 Å². The number of fused-ring (bicyclic) bond motifs is 4. The van der Waals surface area contributed by atoms with E-state index in [1.807, 2.05) is 19.1 Å². The van der Waals surface area contributed by atoms with Gasteiger partial charge in [-0.05, 0) is 85.9 Å². The van der Waals surface area contributed by atoms with Crippen molar-refractivity contribution in [2.24, 2.45) is 0 Å². The fraction of sp³-hybridized carbons (Fsp3) is 0.333. The van der Waals surface area contributed by atoms with Crippen LogP contribution in [0.5, 0.6) is 0 Å². The lowest BCUT2D eigenvalue weighted by atomic mass is 9.92. The summed E-state index contributed by atoms with van der Waals surface area (Å²) >= 11 is 0. The molecule has 0 aliphatic heterocycles. The highest BCUT2D eigenvalue weighted by Crippen LogP contribution is 2.47. The summed E-state index contributed by atoms with van der Waals surface area (Å²) in [6.07, 6.45) is 2.74. The lowest BCUT2D eigenvalue weighted by Gasteiger charge is -2.15. The number of nitrogens with zero attached hydrogens (tertiary/aromatic N) is 2. The molecule has 2 aromatic carbocycles. The Balaban J connectivity index is 1.47. The van der Waals surface area contributed by atoms with Gasteiger partial charge in [0.05, 0.1) is 5.69 Å². The highest BCUT2D eigenvalue weighted by molar-refractivity contribution is 6.11. The molecular formula is C30H26F2N2O. The third kappa shape index (κ3) is 3.51. The van der Waals surface area contributed by atoms with E-state index < -0.39 is 5.92 Å². The van der Waals surface area contributed by atoms with Crippen molar-refractivity contribution in [3.05, 3.63) is 71.0 Å². The summed E-state index contributed by atoms with van der Waals surface area (Å²) in [6.45, 7) is 4.06. The molecule has 176 valence electrons. The Morgan fingerprint density at radius 2 is 1.69 bits per heavy atom. The maximum absolute atomic E-state index is 13.9. The Kier molecular flexibility index (Phi) is 4.39. The lowest BCUT2D eigenvalue weighted by Crippen LogP contribution is -2.09. The van der Waals surface area contributed by atoms with E-state index in [0.29, 0.717) is 18.1 Å². The zero-order chi connectivity index (χ0) is 23.9. The number of furan rings is 1. The van der Waals surface area contributed by atoms with Crippen molar-refractivity contribution in [3.8, 4) is 11.3 Å². The molecule has 5 heteroatoms. The molecule has 0 saturated heterocycles. The van der Waals surface area contributed by atoms with Crippen LogP contribution in [0.1, 0.15) is 66.5 Å². The van der Waals surface area contributed by atoms with Crippen molar-refractivity contribution < 1.29 is 13.2 Å². The molecule has 3 heterocycles. The molecule has 3 aromatic heterocycles. The third-order valence-corrected chi connectivity index (χ3v) is 7.72. The van der Waals surface area contributed by atoms with Gasteiger partial charge in [-0.3, -0.25) is 4.98 Å². The normalized spacial score (nSPS) is 19.8. The Bertz CT molecular complexity index is 1650. The molecule has 7 rings (SSSR count). The smallest absolute Gasteiger partial charge is 0.248 e. The van der Waals surface area contributed by atoms with E-state index in [4.69, 9.17) is 9.40 Å². The average molecular weight is 469 g/mol. The van der Waals surface area contributed by atoms with Crippen LogP contribution in [0.4, 0.5) is 8.78 Å². The number of benzene rings is 2. The molecule has 1 unspecified atom stereocenters. The predicted octanol–water partition coefficient (Wildman–Crippen LogP) is 8.59. The van der Waals surface area contributed by atoms with Crippen molar-refractivity contribution >= 4 is 32.8 Å². The monoisotopic (exact) mass is 468 g/mol. The van der Waals surface area contributed by atoms with Crippen LogP contribution in [0.15, 0.2) is 52.9 Å². The molecule has 2 aliphatic rings. The maximum atomic E-state index is 13.9. The maximum Gasteiger partial charge on any atom is 0.248 e. The fourth-order valence-electron chi connectivity index (χ4n) is 5.75. The molecule has 3 nitrogen and oxygen atoms in total. The van der Waals surface area contributed by atoms with Crippen LogP contribution in [0.3, 0.4) is 0 Å². The summed E-state index contributed by atoms with van der Waals surface area (Å²) in [6, 6.07) is 16.7. The minimum atomic E-state index is -2.55. The Morgan fingerprint density at radius 3 is 2.46 bits per heavy atom. The zero-order valence-electron chi connectivity index (χ0n) is 19.9. The first-order chi connectivity index (χ1) is 16.8. The van der Waals surface area contributed by atoms with Gasteiger partial charge in [-0.2, -0.15) is 0 Å². The van der Waals surface area contributed by atoms with E-state index >= 15 is 0 Å². The van der Waals surface area contributed by atoms with Gasteiger partial charge in [-0.15, -0.1) is 0 Å². The third-order valence-electron chi connectivity index (χ3n) is 7.72. The number of rotatable bonds is 3. The van der Waals surface area contributed by atoms with Crippen molar-refractivity contribution in [1.29, 1.82) is 0 Å². The largest absolute Gasteiger partial charge is 0.437 e. The SMILES string of the molecule is Cc1cc(-c2nc(C3CC3)cc3cc(C4CCC(F)(F)C4)ccc23)c2oc3nc(C)ccc3c2c1. The van der Waals surface area contributed by atoms with Crippen LogP contribution in [0, 0.1) is 13.8 Å². The minimum absolute atomic E-state index is 0.0224. The number of hydrogen-bond donors (Lipinski definition) is 0. The van der Waals surface area contributed by atoms with Crippen molar-refractivity contribution in [2.45, 2.75) is 63.7 Å². The number of alkyl halides is 2. The standard InChI is InChI=1S/C30H26F2N2O/c1-16-11-24-23-7-3-17(2)33-29(23)35-28(24)25(12-16)27-22-8-6-19(20-9-10-30(31,32)15-20)13-21(22)14-26(34-27)18-4-5-18/h3,6-8,11-14,18,20H,4-5,9-10,15H2,1-2H3. The van der Waals surface area contributed by atoms with Gasteiger partial charge in [0.25, 0.3) is 0 Å². The number of hydrogen-bond acceptors (Lipinski definition) is 3. The Morgan fingerprint density at radius 1 is 0.857 bits per heavy atom. The second-order valence-corrected chi connectivity index (χ2v) is 10.5. The molecule has 2 fully saturated rings. The molecule has 0 amide bonds. The molecule has 2 saturated carbocycles. The minimum Gasteiger partial charge on any atom is -0.437 e. The van der Waals surface area contributed by atoms with E-state index in [1.165, 1.54) is 0 Å². The second-order valence-electron chi connectivity index (χ2n) is 10.5. The van der Waals surface area contributed by atoms with Gasteiger partial charge in [0.1, 0.15) is 5.58 Å². The van der Waals surface area contributed by atoms with Gasteiger partial charge in [0.15, 0.2) is 0 Å². The summed E-state index contributed by atoms with van der Waals surface area (Å²) in [5, 5.41) is 4.14. The molecule has 0 N–H and O–H groups in total. The summed E-state index contributed by atoms with van der Waals surface area (Å²) in [4.78, 5) is 9.78. The highest BCUT2D eigenvalue weighted by atomic mass is 19.3. The number of halogens is 2. The van der Waals surface area contributed by atoms with Crippen LogP contribution in [-0.2, 0) is 0 Å². The molecule has 1 atom stereocenters. The Labute approximate surface area is 202 Å². The van der Waals surface area contributed by atoms with Crippen LogP contribution in [-0.4, -0.2) is 15.9 Å². The summed E-state index contributed by atoms with van der Waals surface area (Å²) < 4.78 is 34.2. The molecule has 0 radical (unpaired) electrons. The van der Waals surface area contributed by atoms with E-state index in [1.54, 1.807) is 0 Å². The van der Waals surface area contributed by atoms with Gasteiger partial charge >= 0.3 is 0 Å². The van der Waals surface area contributed by atoms with E-state index in [0.717, 1.165) is 73.7 Å². The molecule has 35 heavy (non-hydrogen) atoms. The summed E-state index contributed by atoms with van der Waals surface area (Å²) in [7, 11) is 0. The van der Waals surface area contributed by atoms with Crippen molar-refractivity contribution in [2.75, 3.05) is 0 Å². The number of aryl methyl sites for hydroxylation is 2. The average Bonchev–Trinajstić information content (AvgIpc) is 3.53. The molecule has 2 aliphatic carbocycles. The van der Waals surface area contributed by atoms with Gasteiger partial charge in [0.2, 0.25) is 11.6 Å². The fourth-order valence-corrected chi connectivity index (χ4v) is 5.75. The lowest BCUT2D eigenvalue weighted by molar-refractivity contribution is 0.00777. The van der Waals surface area contributed by atoms with E-state index in [-0.39, 0.29) is 18.8 Å². The molecule has 5 aromatic rings. The first-order valence-electron chi connectivity index (χ1n) is 12.5. The highest BCUT2D eigenvalue weighted by Gasteiger charge is 2.40. The molecule has 0 spiro atoms. The first-order valence-corrected chi connectivity index (χ1v) is 12.5. The number of aromatic nitrogens is 2. The van der Waals surface area contributed by atoms with Crippen LogP contribution < -0.4 is 0 Å². The topological polar surface area (TPSA) is 38.9 Å². The van der Waals surface area contributed by atoms with Crippen LogP contribution >= 0.6 is 0 Å². The van der Waals surface area contributed by atoms with E-state index in [9.17, 15) is 8.78 Å². The predicted molar refractivity (Wildman–Crippen MR) is 135 cm³/mol. The van der Waals surface area contributed by atoms with Gasteiger partial charge < -0.3 is 4.42 Å². The van der Waals surface area contributed by atoms with Crippen molar-refractivity contribution in [1.82, 2.24) is 9.97 Å². The summed E-state index contributed by atoms with van der Waals surface area (Å²) in [5.41, 5.74) is 7.43. The quantitative estimate of drug-likeness (QED) is 0.266. The van der Waals surface area contributed by atoms with Gasteiger partial charge in [0, 0.05) is 51.9 Å². The number of pyridine rings is 2. The zero-order valence-corrected chi connectivity index (χ0v) is 19.9. The van der Waals surface area contributed by atoms with Crippen molar-refractivity contribution in [3.63, 3.8) is 0 Å². The second kappa shape index (κ2) is 7.33. The molecule has 0 bridgehead atoms. The summed E-state index contributed by atoms with van der Waals surface area (Å²) in [5.74, 6) is -2.17. The van der Waals surface area contributed by atoms with Crippen LogP contribution in [0.2, 0.25) is 0 Å². The first kappa shape index (κ1) is 21.0.